The average Bonchev–Trinajstić information content (AvgIpc) is 2.89. The molecule has 100 valence electrons. The fourth-order valence-corrected chi connectivity index (χ4v) is 2.13. The van der Waals surface area contributed by atoms with Crippen molar-refractivity contribution in [2.45, 2.75) is 6.54 Å². The summed E-state index contributed by atoms with van der Waals surface area (Å²) in [5.74, 6) is -0.928. The quantitative estimate of drug-likeness (QED) is 0.755. The number of para-hydroxylation sites is 1. The van der Waals surface area contributed by atoms with Crippen LogP contribution in [0.15, 0.2) is 59.2 Å². The summed E-state index contributed by atoms with van der Waals surface area (Å²) in [5, 5.41) is 13.2. The van der Waals surface area contributed by atoms with Gasteiger partial charge in [0.05, 0.1) is 11.8 Å². The van der Waals surface area contributed by atoms with E-state index in [0.717, 1.165) is 22.2 Å². The molecule has 0 atom stereocenters. The molecule has 0 amide bonds. The van der Waals surface area contributed by atoms with E-state index in [1.165, 1.54) is 0 Å². The maximum absolute atomic E-state index is 10.9. The van der Waals surface area contributed by atoms with Crippen molar-refractivity contribution in [3.05, 3.63) is 65.9 Å². The lowest BCUT2D eigenvalue weighted by Crippen LogP contribution is -2.01. The SMILES string of the molecule is O=C(O)c1cccc(NCc2coc3ccccc23)c1. The first kappa shape index (κ1) is 12.3. The fourth-order valence-electron chi connectivity index (χ4n) is 2.13. The molecule has 0 fully saturated rings. The zero-order chi connectivity index (χ0) is 13.9. The molecular formula is C16H13NO3. The van der Waals surface area contributed by atoms with Gasteiger partial charge in [0.2, 0.25) is 0 Å². The van der Waals surface area contributed by atoms with Crippen LogP contribution in [0.1, 0.15) is 15.9 Å². The predicted molar refractivity (Wildman–Crippen MR) is 76.9 cm³/mol. The van der Waals surface area contributed by atoms with E-state index in [0.29, 0.717) is 6.54 Å². The van der Waals surface area contributed by atoms with Crippen molar-refractivity contribution >= 4 is 22.6 Å². The molecule has 1 heterocycles. The van der Waals surface area contributed by atoms with Crippen LogP contribution in [-0.4, -0.2) is 11.1 Å². The van der Waals surface area contributed by atoms with Crippen molar-refractivity contribution in [3.63, 3.8) is 0 Å². The highest BCUT2D eigenvalue weighted by Crippen LogP contribution is 2.22. The Kier molecular flexibility index (Phi) is 3.13. The van der Waals surface area contributed by atoms with Crippen LogP contribution in [0.25, 0.3) is 11.0 Å². The molecule has 4 heteroatoms. The van der Waals surface area contributed by atoms with Crippen LogP contribution in [-0.2, 0) is 6.54 Å². The molecule has 1 aromatic heterocycles. The standard InChI is InChI=1S/C16H13NO3/c18-16(19)11-4-3-5-13(8-11)17-9-12-10-20-15-7-2-1-6-14(12)15/h1-8,10,17H,9H2,(H,18,19). The largest absolute Gasteiger partial charge is 0.478 e. The third-order valence-electron chi connectivity index (χ3n) is 3.15. The van der Waals surface area contributed by atoms with Crippen LogP contribution in [0, 0.1) is 0 Å². The fraction of sp³-hybridized carbons (Fsp3) is 0.0625. The highest BCUT2D eigenvalue weighted by atomic mass is 16.4. The highest BCUT2D eigenvalue weighted by molar-refractivity contribution is 5.88. The van der Waals surface area contributed by atoms with Crippen LogP contribution < -0.4 is 5.32 Å². The second kappa shape index (κ2) is 5.09. The number of nitrogens with one attached hydrogen (secondary N) is 1. The number of carbonyl (C=O) groups is 1. The Bertz CT molecular complexity index is 761. The van der Waals surface area contributed by atoms with Gasteiger partial charge >= 0.3 is 5.97 Å². The Morgan fingerprint density at radius 2 is 2.00 bits per heavy atom. The van der Waals surface area contributed by atoms with Gasteiger partial charge in [-0.15, -0.1) is 0 Å². The van der Waals surface area contributed by atoms with Crippen molar-refractivity contribution in [3.8, 4) is 0 Å². The van der Waals surface area contributed by atoms with Crippen molar-refractivity contribution in [1.82, 2.24) is 0 Å². The molecule has 0 bridgehead atoms. The number of anilines is 1. The molecule has 3 aromatic rings. The Hall–Kier alpha value is -2.75. The Morgan fingerprint density at radius 3 is 2.85 bits per heavy atom. The number of carboxylic acids is 1. The van der Waals surface area contributed by atoms with Gasteiger partial charge < -0.3 is 14.8 Å². The molecular weight excluding hydrogens is 254 g/mol. The number of hydrogen-bond donors (Lipinski definition) is 2. The molecule has 0 spiro atoms. The number of furan rings is 1. The number of carboxylic acid groups (broad SMARTS) is 1. The maximum Gasteiger partial charge on any atom is 0.335 e. The van der Waals surface area contributed by atoms with E-state index in [9.17, 15) is 4.79 Å². The Balaban J connectivity index is 1.79. The minimum absolute atomic E-state index is 0.270. The van der Waals surface area contributed by atoms with Gasteiger partial charge in [-0.2, -0.15) is 0 Å². The summed E-state index contributed by atoms with van der Waals surface area (Å²) in [4.78, 5) is 10.9. The zero-order valence-electron chi connectivity index (χ0n) is 10.7. The summed E-state index contributed by atoms with van der Waals surface area (Å²) < 4.78 is 5.47. The first-order valence-corrected chi connectivity index (χ1v) is 6.26. The Labute approximate surface area is 115 Å². The van der Waals surface area contributed by atoms with Crippen LogP contribution >= 0.6 is 0 Å². The topological polar surface area (TPSA) is 62.5 Å². The zero-order valence-corrected chi connectivity index (χ0v) is 10.7. The third kappa shape index (κ3) is 2.36. The minimum Gasteiger partial charge on any atom is -0.478 e. The van der Waals surface area contributed by atoms with Crippen LogP contribution in [0.3, 0.4) is 0 Å². The molecule has 2 aromatic carbocycles. The second-order valence-electron chi connectivity index (χ2n) is 4.50. The molecule has 0 saturated carbocycles. The monoisotopic (exact) mass is 267 g/mol. The number of fused-ring (bicyclic) bond motifs is 1. The number of rotatable bonds is 4. The molecule has 0 aliphatic carbocycles. The summed E-state index contributed by atoms with van der Waals surface area (Å²) in [5.41, 5.74) is 2.94. The third-order valence-corrected chi connectivity index (χ3v) is 3.15. The van der Waals surface area contributed by atoms with Gasteiger partial charge in [-0.3, -0.25) is 0 Å². The van der Waals surface area contributed by atoms with Crippen LogP contribution in [0.5, 0.6) is 0 Å². The van der Waals surface area contributed by atoms with Gasteiger partial charge in [-0.25, -0.2) is 4.79 Å². The molecule has 0 unspecified atom stereocenters. The number of aromatic carboxylic acids is 1. The summed E-state index contributed by atoms with van der Waals surface area (Å²) in [6, 6.07) is 14.6. The lowest BCUT2D eigenvalue weighted by Gasteiger charge is -2.06. The molecule has 2 N–H and O–H groups in total. The normalized spacial score (nSPS) is 10.6. The minimum atomic E-state index is -0.928. The van der Waals surface area contributed by atoms with E-state index in [-0.39, 0.29) is 5.56 Å². The van der Waals surface area contributed by atoms with Crippen LogP contribution in [0.2, 0.25) is 0 Å². The summed E-state index contributed by atoms with van der Waals surface area (Å²) in [6.45, 7) is 0.583. The van der Waals surface area contributed by atoms with Gasteiger partial charge in [0.25, 0.3) is 0 Å². The van der Waals surface area contributed by atoms with Gasteiger partial charge in [0.15, 0.2) is 0 Å². The van der Waals surface area contributed by atoms with Crippen LogP contribution in [0.4, 0.5) is 5.69 Å². The van der Waals surface area contributed by atoms with E-state index < -0.39 is 5.97 Å². The lowest BCUT2D eigenvalue weighted by molar-refractivity contribution is 0.0697. The second-order valence-corrected chi connectivity index (χ2v) is 4.50. The van der Waals surface area contributed by atoms with Crippen molar-refractivity contribution in [2.24, 2.45) is 0 Å². The summed E-state index contributed by atoms with van der Waals surface area (Å²) >= 11 is 0. The van der Waals surface area contributed by atoms with Crippen molar-refractivity contribution < 1.29 is 14.3 Å². The van der Waals surface area contributed by atoms with Gasteiger partial charge in [-0.05, 0) is 24.3 Å². The van der Waals surface area contributed by atoms with E-state index >= 15 is 0 Å². The first-order chi connectivity index (χ1) is 9.74. The first-order valence-electron chi connectivity index (χ1n) is 6.26. The highest BCUT2D eigenvalue weighted by Gasteiger charge is 2.06. The predicted octanol–water partition coefficient (Wildman–Crippen LogP) is 3.74. The average molecular weight is 267 g/mol. The summed E-state index contributed by atoms with van der Waals surface area (Å²) in [7, 11) is 0. The molecule has 0 saturated heterocycles. The molecule has 3 rings (SSSR count). The Morgan fingerprint density at radius 1 is 1.15 bits per heavy atom. The summed E-state index contributed by atoms with van der Waals surface area (Å²) in [6.07, 6.45) is 1.72. The maximum atomic E-state index is 10.9. The number of hydrogen-bond acceptors (Lipinski definition) is 3. The van der Waals surface area contributed by atoms with Crippen molar-refractivity contribution in [1.29, 1.82) is 0 Å². The van der Waals surface area contributed by atoms with Gasteiger partial charge in [0.1, 0.15) is 5.58 Å². The van der Waals surface area contributed by atoms with Crippen molar-refractivity contribution in [2.75, 3.05) is 5.32 Å². The van der Waals surface area contributed by atoms with E-state index in [1.54, 1.807) is 24.5 Å². The molecule has 4 nitrogen and oxygen atoms in total. The van der Waals surface area contributed by atoms with Gasteiger partial charge in [-0.1, -0.05) is 24.3 Å². The molecule has 0 radical (unpaired) electrons. The van der Waals surface area contributed by atoms with E-state index in [4.69, 9.17) is 9.52 Å². The molecule has 0 aliphatic rings. The van der Waals surface area contributed by atoms with E-state index in [2.05, 4.69) is 5.32 Å². The smallest absolute Gasteiger partial charge is 0.335 e. The van der Waals surface area contributed by atoms with E-state index in [1.807, 2.05) is 30.3 Å². The molecule has 20 heavy (non-hydrogen) atoms. The van der Waals surface area contributed by atoms with Gasteiger partial charge in [0, 0.05) is 23.2 Å². The lowest BCUT2D eigenvalue weighted by atomic mass is 10.1. The number of benzene rings is 2. The molecule has 0 aliphatic heterocycles.